The Labute approximate surface area is 447 Å². The number of phosphoric acid groups is 2. The number of aliphatic hydroxyl groups is 1. The molecule has 0 bridgehead atoms. The van der Waals surface area contributed by atoms with Crippen LogP contribution in [-0.4, -0.2) is 96.7 Å². The number of phosphoric ester groups is 2. The fourth-order valence-electron chi connectivity index (χ4n) is 7.99. The molecular formula is C55H106O17P2. The Morgan fingerprint density at radius 3 is 0.919 bits per heavy atom. The van der Waals surface area contributed by atoms with E-state index in [1.165, 1.54) is 70.6 Å². The summed E-state index contributed by atoms with van der Waals surface area (Å²) in [6, 6.07) is 0. The normalized spacial score (nSPS) is 14.5. The first-order chi connectivity index (χ1) is 35.5. The summed E-state index contributed by atoms with van der Waals surface area (Å²) in [6.07, 6.45) is 29.8. The van der Waals surface area contributed by atoms with E-state index in [0.717, 1.165) is 115 Å². The summed E-state index contributed by atoms with van der Waals surface area (Å²) in [6.45, 7) is 6.96. The number of hydrogen-bond donors (Lipinski definition) is 3. The van der Waals surface area contributed by atoms with Gasteiger partial charge >= 0.3 is 39.5 Å². The summed E-state index contributed by atoms with van der Waals surface area (Å²) in [5.41, 5.74) is 0. The highest BCUT2D eigenvalue weighted by atomic mass is 31.2. The van der Waals surface area contributed by atoms with Gasteiger partial charge in [-0.25, -0.2) is 9.13 Å². The van der Waals surface area contributed by atoms with Gasteiger partial charge in [0.2, 0.25) is 0 Å². The van der Waals surface area contributed by atoms with Crippen LogP contribution >= 0.6 is 15.6 Å². The van der Waals surface area contributed by atoms with E-state index in [2.05, 4.69) is 34.6 Å². The second-order valence-electron chi connectivity index (χ2n) is 20.4. The predicted molar refractivity (Wildman–Crippen MR) is 289 cm³/mol. The number of carbonyl (C=O) groups is 4. The molecule has 0 saturated heterocycles. The van der Waals surface area contributed by atoms with Gasteiger partial charge in [0.15, 0.2) is 12.2 Å². The summed E-state index contributed by atoms with van der Waals surface area (Å²) in [7, 11) is -9.85. The van der Waals surface area contributed by atoms with Crippen molar-refractivity contribution in [3.8, 4) is 0 Å². The molecule has 19 heteroatoms. The van der Waals surface area contributed by atoms with Gasteiger partial charge in [-0.2, -0.15) is 0 Å². The topological polar surface area (TPSA) is 237 Å². The molecule has 0 saturated carbocycles. The van der Waals surface area contributed by atoms with Crippen molar-refractivity contribution < 1.29 is 80.2 Å². The molecule has 438 valence electrons. The van der Waals surface area contributed by atoms with Crippen molar-refractivity contribution in [2.75, 3.05) is 39.6 Å². The molecular weight excluding hydrogens is 995 g/mol. The third kappa shape index (κ3) is 49.6. The van der Waals surface area contributed by atoms with Crippen LogP contribution in [0.15, 0.2) is 0 Å². The Morgan fingerprint density at radius 1 is 0.365 bits per heavy atom. The molecule has 0 radical (unpaired) electrons. The van der Waals surface area contributed by atoms with E-state index in [1.807, 2.05) is 0 Å². The van der Waals surface area contributed by atoms with Crippen LogP contribution in [-0.2, 0) is 65.4 Å². The van der Waals surface area contributed by atoms with Crippen molar-refractivity contribution in [1.82, 2.24) is 0 Å². The highest BCUT2D eigenvalue weighted by Gasteiger charge is 2.30. The first kappa shape index (κ1) is 72.1. The van der Waals surface area contributed by atoms with Crippen LogP contribution in [0.5, 0.6) is 0 Å². The molecule has 0 aromatic heterocycles. The van der Waals surface area contributed by atoms with Crippen LogP contribution in [0.1, 0.15) is 266 Å². The second kappa shape index (κ2) is 49.4. The monoisotopic (exact) mass is 1100 g/mol. The van der Waals surface area contributed by atoms with E-state index in [0.29, 0.717) is 25.7 Å². The second-order valence-corrected chi connectivity index (χ2v) is 23.4. The van der Waals surface area contributed by atoms with Crippen molar-refractivity contribution in [2.24, 2.45) is 5.92 Å². The number of unbranched alkanes of at least 4 members (excludes halogenated alkanes) is 27. The lowest BCUT2D eigenvalue weighted by molar-refractivity contribution is -0.161. The van der Waals surface area contributed by atoms with Gasteiger partial charge < -0.3 is 33.8 Å². The fourth-order valence-corrected chi connectivity index (χ4v) is 9.57. The lowest BCUT2D eigenvalue weighted by Gasteiger charge is -2.21. The number of esters is 4. The van der Waals surface area contributed by atoms with Crippen molar-refractivity contribution in [3.63, 3.8) is 0 Å². The summed E-state index contributed by atoms with van der Waals surface area (Å²) in [5.74, 6) is -1.43. The van der Waals surface area contributed by atoms with Gasteiger partial charge in [0.1, 0.15) is 19.3 Å². The van der Waals surface area contributed by atoms with Gasteiger partial charge in [-0.15, -0.1) is 0 Å². The largest absolute Gasteiger partial charge is 0.472 e. The molecule has 5 atom stereocenters. The lowest BCUT2D eigenvalue weighted by atomic mass is 10.0. The number of aliphatic hydroxyl groups excluding tert-OH is 1. The third-order valence-electron chi connectivity index (χ3n) is 12.5. The van der Waals surface area contributed by atoms with Crippen molar-refractivity contribution >= 4 is 39.5 Å². The lowest BCUT2D eigenvalue weighted by Crippen LogP contribution is -2.30. The van der Waals surface area contributed by atoms with Crippen molar-refractivity contribution in [3.05, 3.63) is 0 Å². The molecule has 0 aliphatic heterocycles. The Bertz CT molecular complexity index is 1470. The van der Waals surface area contributed by atoms with Crippen LogP contribution < -0.4 is 0 Å². The van der Waals surface area contributed by atoms with Gasteiger partial charge in [-0.1, -0.05) is 214 Å². The van der Waals surface area contributed by atoms with E-state index in [4.69, 9.17) is 37.0 Å². The average Bonchev–Trinajstić information content (AvgIpc) is 3.36. The van der Waals surface area contributed by atoms with E-state index in [1.54, 1.807) is 0 Å². The Hall–Kier alpha value is -1.94. The summed E-state index contributed by atoms with van der Waals surface area (Å²) in [4.78, 5) is 71.4. The van der Waals surface area contributed by atoms with Gasteiger partial charge in [0, 0.05) is 25.7 Å². The summed E-state index contributed by atoms with van der Waals surface area (Å²) in [5, 5.41) is 10.4. The zero-order valence-electron chi connectivity index (χ0n) is 47.0. The molecule has 17 nitrogen and oxygen atoms in total. The van der Waals surface area contributed by atoms with Crippen molar-refractivity contribution in [2.45, 2.75) is 284 Å². The summed E-state index contributed by atoms with van der Waals surface area (Å²) < 4.78 is 67.3. The van der Waals surface area contributed by atoms with Gasteiger partial charge in [0.25, 0.3) is 0 Å². The maximum Gasteiger partial charge on any atom is 0.472 e. The molecule has 0 aliphatic carbocycles. The van der Waals surface area contributed by atoms with Crippen LogP contribution in [0.3, 0.4) is 0 Å². The van der Waals surface area contributed by atoms with Crippen LogP contribution in [0.2, 0.25) is 0 Å². The molecule has 74 heavy (non-hydrogen) atoms. The molecule has 0 aromatic rings. The van der Waals surface area contributed by atoms with E-state index in [-0.39, 0.29) is 25.7 Å². The van der Waals surface area contributed by atoms with Gasteiger partial charge in [-0.05, 0) is 31.6 Å². The first-order valence-electron chi connectivity index (χ1n) is 29.1. The molecule has 0 heterocycles. The third-order valence-corrected chi connectivity index (χ3v) is 14.4. The minimum absolute atomic E-state index is 0.103. The first-order valence-corrected chi connectivity index (χ1v) is 32.1. The van der Waals surface area contributed by atoms with Crippen LogP contribution in [0, 0.1) is 5.92 Å². The number of carbonyl (C=O) groups excluding carboxylic acids is 4. The highest BCUT2D eigenvalue weighted by Crippen LogP contribution is 2.45. The quantitative estimate of drug-likeness (QED) is 0.0222. The average molecular weight is 1100 g/mol. The zero-order chi connectivity index (χ0) is 55.0. The minimum atomic E-state index is -4.93. The maximum absolute atomic E-state index is 12.9. The zero-order valence-corrected chi connectivity index (χ0v) is 48.7. The molecule has 3 N–H and O–H groups in total. The Balaban J connectivity index is 5.17. The molecule has 2 unspecified atom stereocenters. The predicted octanol–water partition coefficient (Wildman–Crippen LogP) is 14.3. The van der Waals surface area contributed by atoms with Crippen LogP contribution in [0.25, 0.3) is 0 Å². The molecule has 0 aromatic carbocycles. The fraction of sp³-hybridized carbons (Fsp3) is 0.927. The standard InChI is InChI=1S/C55H106O17P2/c1-6-9-12-15-17-18-21-25-29-34-39-53(58)66-45-51(72-55(60)41-36-31-26-22-19-20-24-28-32-37-48(4)5)47-70-74(63,64)68-43-49(56)42-67-73(61,62)69-46-50(44-65-52(57)38-33-27-14-11-8-3)71-54(59)40-35-30-23-16-13-10-7-2/h48-51,56H,6-47H2,1-5H3,(H,61,62)(H,63,64)/t49-,50+,51+/m0/s1. The molecule has 0 fully saturated rings. The Morgan fingerprint density at radius 2 is 0.622 bits per heavy atom. The van der Waals surface area contributed by atoms with Gasteiger partial charge in [0.05, 0.1) is 26.4 Å². The molecule has 0 spiro atoms. The molecule has 0 rings (SSSR count). The van der Waals surface area contributed by atoms with E-state index < -0.39 is 97.5 Å². The van der Waals surface area contributed by atoms with Crippen molar-refractivity contribution in [1.29, 1.82) is 0 Å². The number of hydrogen-bond acceptors (Lipinski definition) is 15. The molecule has 0 amide bonds. The number of rotatable bonds is 55. The highest BCUT2D eigenvalue weighted by molar-refractivity contribution is 7.47. The number of ether oxygens (including phenoxy) is 4. The SMILES string of the molecule is CCCCCCCCCCCCC(=O)OC[C@H](COP(=O)(O)OC[C@@H](O)COP(=O)(O)OC[C@@H](COC(=O)CCCCCCC)OC(=O)CCCCCCCCC)OC(=O)CCCCCCCCCCCC(C)C. The minimum Gasteiger partial charge on any atom is -0.462 e. The van der Waals surface area contributed by atoms with E-state index in [9.17, 15) is 43.2 Å². The van der Waals surface area contributed by atoms with Gasteiger partial charge in [-0.3, -0.25) is 37.3 Å². The summed E-state index contributed by atoms with van der Waals surface area (Å²) >= 11 is 0. The smallest absolute Gasteiger partial charge is 0.462 e. The van der Waals surface area contributed by atoms with Crippen LogP contribution in [0.4, 0.5) is 0 Å². The van der Waals surface area contributed by atoms with E-state index >= 15 is 0 Å². The Kier molecular flexibility index (Phi) is 48.1. The molecule has 0 aliphatic rings. The maximum atomic E-state index is 12.9.